The van der Waals surface area contributed by atoms with Crippen molar-refractivity contribution in [2.45, 2.75) is 39.2 Å². The Kier molecular flexibility index (Phi) is 6.99. The molecule has 0 saturated carbocycles. The third-order valence-electron chi connectivity index (χ3n) is 3.60. The fraction of sp³-hybridized carbons (Fsp3) is 0.625. The standard InChI is InChI=1S/C16H28N2/c1-5-7-15-8-10-16(11-9-15)14(2)18(4)13-6-12-17-3/h8-11,14,17H,5-7,12-13H2,1-4H3. The second-order valence-electron chi connectivity index (χ2n) is 5.11. The topological polar surface area (TPSA) is 15.3 Å². The maximum Gasteiger partial charge on any atom is 0.0316 e. The molecule has 0 bridgehead atoms. The molecule has 0 aromatic heterocycles. The zero-order chi connectivity index (χ0) is 13.4. The van der Waals surface area contributed by atoms with Crippen LogP contribution in [0.2, 0.25) is 0 Å². The molecule has 2 heteroatoms. The Morgan fingerprint density at radius 1 is 1.22 bits per heavy atom. The number of benzene rings is 1. The first kappa shape index (κ1) is 15.2. The molecule has 0 aliphatic heterocycles. The Labute approximate surface area is 112 Å². The smallest absolute Gasteiger partial charge is 0.0316 e. The highest BCUT2D eigenvalue weighted by atomic mass is 15.1. The minimum atomic E-state index is 0.498. The van der Waals surface area contributed by atoms with Crippen LogP contribution in [0, 0.1) is 0 Å². The van der Waals surface area contributed by atoms with E-state index in [2.05, 4.69) is 55.4 Å². The van der Waals surface area contributed by atoms with Gasteiger partial charge in [-0.15, -0.1) is 0 Å². The van der Waals surface area contributed by atoms with Crippen LogP contribution in [0.25, 0.3) is 0 Å². The predicted molar refractivity (Wildman–Crippen MR) is 80.0 cm³/mol. The van der Waals surface area contributed by atoms with Crippen LogP contribution < -0.4 is 5.32 Å². The third-order valence-corrected chi connectivity index (χ3v) is 3.60. The molecule has 1 rings (SSSR count). The van der Waals surface area contributed by atoms with E-state index in [0.29, 0.717) is 6.04 Å². The summed E-state index contributed by atoms with van der Waals surface area (Å²) in [7, 11) is 4.22. The molecule has 0 fully saturated rings. The Balaban J connectivity index is 2.51. The van der Waals surface area contributed by atoms with Crippen LogP contribution in [0.5, 0.6) is 0 Å². The van der Waals surface area contributed by atoms with Gasteiger partial charge >= 0.3 is 0 Å². The number of rotatable bonds is 8. The largest absolute Gasteiger partial charge is 0.320 e. The quantitative estimate of drug-likeness (QED) is 0.711. The van der Waals surface area contributed by atoms with Gasteiger partial charge in [-0.3, -0.25) is 4.90 Å². The van der Waals surface area contributed by atoms with Gasteiger partial charge in [0.2, 0.25) is 0 Å². The third kappa shape index (κ3) is 4.79. The Morgan fingerprint density at radius 3 is 2.44 bits per heavy atom. The van der Waals surface area contributed by atoms with E-state index in [-0.39, 0.29) is 0 Å². The highest BCUT2D eigenvalue weighted by molar-refractivity contribution is 5.24. The Hall–Kier alpha value is -0.860. The van der Waals surface area contributed by atoms with Crippen LogP contribution in [-0.4, -0.2) is 32.1 Å². The van der Waals surface area contributed by atoms with Crippen molar-refractivity contribution in [3.8, 4) is 0 Å². The maximum absolute atomic E-state index is 3.20. The Morgan fingerprint density at radius 2 is 1.89 bits per heavy atom. The summed E-state index contributed by atoms with van der Waals surface area (Å²) < 4.78 is 0. The average molecular weight is 248 g/mol. The molecule has 1 aromatic rings. The molecule has 0 amide bonds. The van der Waals surface area contributed by atoms with Gasteiger partial charge in [0.1, 0.15) is 0 Å². The summed E-state index contributed by atoms with van der Waals surface area (Å²) in [4.78, 5) is 2.42. The lowest BCUT2D eigenvalue weighted by molar-refractivity contribution is 0.258. The van der Waals surface area contributed by atoms with Crippen LogP contribution in [0.3, 0.4) is 0 Å². The minimum absolute atomic E-state index is 0.498. The number of hydrogen-bond donors (Lipinski definition) is 1. The fourth-order valence-corrected chi connectivity index (χ4v) is 2.20. The summed E-state index contributed by atoms with van der Waals surface area (Å²) >= 11 is 0. The van der Waals surface area contributed by atoms with Crippen molar-refractivity contribution in [1.29, 1.82) is 0 Å². The fourth-order valence-electron chi connectivity index (χ4n) is 2.20. The van der Waals surface area contributed by atoms with Crippen molar-refractivity contribution < 1.29 is 0 Å². The molecule has 0 spiro atoms. The lowest BCUT2D eigenvalue weighted by Crippen LogP contribution is -2.25. The zero-order valence-corrected chi connectivity index (χ0v) is 12.4. The molecule has 0 aliphatic carbocycles. The molecule has 0 radical (unpaired) electrons. The minimum Gasteiger partial charge on any atom is -0.320 e. The van der Waals surface area contributed by atoms with Crippen LogP contribution in [0.15, 0.2) is 24.3 Å². The molecule has 18 heavy (non-hydrogen) atoms. The second kappa shape index (κ2) is 8.28. The number of hydrogen-bond acceptors (Lipinski definition) is 2. The van der Waals surface area contributed by atoms with Crippen LogP contribution in [0.1, 0.15) is 43.9 Å². The summed E-state index contributed by atoms with van der Waals surface area (Å²) in [6, 6.07) is 9.61. The first-order valence-corrected chi connectivity index (χ1v) is 7.12. The van der Waals surface area contributed by atoms with E-state index in [0.717, 1.165) is 13.1 Å². The highest BCUT2D eigenvalue weighted by Crippen LogP contribution is 2.19. The molecular formula is C16H28N2. The SMILES string of the molecule is CCCc1ccc(C(C)N(C)CCCNC)cc1. The molecule has 1 N–H and O–H groups in total. The van der Waals surface area contributed by atoms with E-state index in [1.54, 1.807) is 0 Å². The predicted octanol–water partition coefficient (Wildman–Crippen LogP) is 3.24. The first-order valence-electron chi connectivity index (χ1n) is 7.12. The van der Waals surface area contributed by atoms with Gasteiger partial charge < -0.3 is 5.32 Å². The lowest BCUT2D eigenvalue weighted by Gasteiger charge is -2.25. The molecule has 2 nitrogen and oxygen atoms in total. The van der Waals surface area contributed by atoms with Gasteiger partial charge in [0.05, 0.1) is 0 Å². The number of aryl methyl sites for hydroxylation is 1. The monoisotopic (exact) mass is 248 g/mol. The van der Waals surface area contributed by atoms with Gasteiger partial charge in [-0.05, 0) is 58.1 Å². The molecule has 0 aliphatic rings. The van der Waals surface area contributed by atoms with Gasteiger partial charge in [-0.25, -0.2) is 0 Å². The van der Waals surface area contributed by atoms with Crippen molar-refractivity contribution in [2.24, 2.45) is 0 Å². The molecule has 0 saturated heterocycles. The van der Waals surface area contributed by atoms with Gasteiger partial charge in [0.25, 0.3) is 0 Å². The van der Waals surface area contributed by atoms with E-state index < -0.39 is 0 Å². The summed E-state index contributed by atoms with van der Waals surface area (Å²) in [5.74, 6) is 0. The molecule has 1 unspecified atom stereocenters. The van der Waals surface area contributed by atoms with Crippen molar-refractivity contribution in [1.82, 2.24) is 10.2 Å². The molecular weight excluding hydrogens is 220 g/mol. The van der Waals surface area contributed by atoms with E-state index in [1.165, 1.54) is 30.4 Å². The van der Waals surface area contributed by atoms with Crippen molar-refractivity contribution in [3.63, 3.8) is 0 Å². The van der Waals surface area contributed by atoms with Crippen molar-refractivity contribution >= 4 is 0 Å². The van der Waals surface area contributed by atoms with Crippen LogP contribution in [0.4, 0.5) is 0 Å². The van der Waals surface area contributed by atoms with E-state index in [1.807, 2.05) is 7.05 Å². The normalized spacial score (nSPS) is 12.9. The van der Waals surface area contributed by atoms with Gasteiger partial charge in [-0.2, -0.15) is 0 Å². The number of nitrogens with one attached hydrogen (secondary N) is 1. The molecule has 102 valence electrons. The van der Waals surface area contributed by atoms with Crippen molar-refractivity contribution in [2.75, 3.05) is 27.2 Å². The van der Waals surface area contributed by atoms with Crippen molar-refractivity contribution in [3.05, 3.63) is 35.4 Å². The molecule has 1 atom stereocenters. The van der Waals surface area contributed by atoms with Gasteiger partial charge in [0.15, 0.2) is 0 Å². The van der Waals surface area contributed by atoms with E-state index in [4.69, 9.17) is 0 Å². The summed E-state index contributed by atoms with van der Waals surface area (Å²) in [6.45, 7) is 6.74. The van der Waals surface area contributed by atoms with E-state index in [9.17, 15) is 0 Å². The van der Waals surface area contributed by atoms with E-state index >= 15 is 0 Å². The summed E-state index contributed by atoms with van der Waals surface area (Å²) in [5.41, 5.74) is 2.87. The lowest BCUT2D eigenvalue weighted by atomic mass is 10.0. The van der Waals surface area contributed by atoms with Crippen LogP contribution >= 0.6 is 0 Å². The van der Waals surface area contributed by atoms with Gasteiger partial charge in [-0.1, -0.05) is 37.6 Å². The van der Waals surface area contributed by atoms with Crippen LogP contribution in [-0.2, 0) is 6.42 Å². The Bertz CT molecular complexity index is 318. The number of nitrogens with zero attached hydrogens (tertiary/aromatic N) is 1. The molecule has 1 aromatic carbocycles. The van der Waals surface area contributed by atoms with Gasteiger partial charge in [0, 0.05) is 6.04 Å². The zero-order valence-electron chi connectivity index (χ0n) is 12.4. The summed E-state index contributed by atoms with van der Waals surface area (Å²) in [6.07, 6.45) is 3.61. The highest BCUT2D eigenvalue weighted by Gasteiger charge is 2.10. The maximum atomic E-state index is 3.20. The first-order chi connectivity index (χ1) is 8.69. The second-order valence-corrected chi connectivity index (χ2v) is 5.11. The summed E-state index contributed by atoms with van der Waals surface area (Å²) in [5, 5.41) is 3.20. The average Bonchev–Trinajstić information content (AvgIpc) is 2.39. The molecule has 0 heterocycles.